The molecule has 0 unspecified atom stereocenters. The third kappa shape index (κ3) is 6.99. The molecule has 0 radical (unpaired) electrons. The highest BCUT2D eigenvalue weighted by Crippen LogP contribution is 2.35. The van der Waals surface area contributed by atoms with Crippen LogP contribution < -0.4 is 16.1 Å². The summed E-state index contributed by atoms with van der Waals surface area (Å²) in [6.45, 7) is 2.30. The van der Waals surface area contributed by atoms with Crippen molar-refractivity contribution in [3.63, 3.8) is 0 Å². The molecule has 11 nitrogen and oxygen atoms in total. The number of hydrogen-bond donors (Lipinski definition) is 5. The molecule has 4 atom stereocenters. The molecule has 0 bridgehead atoms. The molecular weight excluding hydrogens is 568 g/mol. The summed E-state index contributed by atoms with van der Waals surface area (Å²) in [5, 5.41) is 32.7. The summed E-state index contributed by atoms with van der Waals surface area (Å²) in [5.41, 5.74) is 6.43. The zero-order valence-electron chi connectivity index (χ0n) is 25.6. The first kappa shape index (κ1) is 30.7. The Bertz CT molecular complexity index is 1550. The van der Waals surface area contributed by atoms with E-state index in [0.717, 1.165) is 12.8 Å². The molecule has 2 aromatic carbocycles. The number of carbonyl (C=O) groups is 1. The highest BCUT2D eigenvalue weighted by atomic mass is 16.3. The van der Waals surface area contributed by atoms with Gasteiger partial charge in [-0.25, -0.2) is 10.4 Å². The van der Waals surface area contributed by atoms with Crippen LogP contribution in [-0.4, -0.2) is 66.6 Å². The van der Waals surface area contributed by atoms with Crippen LogP contribution in [0.4, 0.5) is 11.8 Å². The van der Waals surface area contributed by atoms with Gasteiger partial charge in [0.25, 0.3) is 0 Å². The second kappa shape index (κ2) is 14.2. The van der Waals surface area contributed by atoms with Crippen molar-refractivity contribution < 1.29 is 15.0 Å². The Morgan fingerprint density at radius 1 is 1.00 bits per heavy atom. The van der Waals surface area contributed by atoms with Crippen LogP contribution in [-0.2, 0) is 4.79 Å². The molecule has 0 saturated heterocycles. The van der Waals surface area contributed by atoms with Gasteiger partial charge in [0.05, 0.1) is 18.4 Å². The van der Waals surface area contributed by atoms with Crippen molar-refractivity contribution in [3.05, 3.63) is 78.1 Å². The number of aliphatic hydroxyl groups is 2. The van der Waals surface area contributed by atoms with Crippen LogP contribution in [0.1, 0.15) is 75.0 Å². The molecule has 4 aromatic rings. The van der Waals surface area contributed by atoms with E-state index >= 15 is 0 Å². The lowest BCUT2D eigenvalue weighted by atomic mass is 9.90. The predicted octanol–water partition coefficient (Wildman–Crippen LogP) is 4.61. The van der Waals surface area contributed by atoms with Gasteiger partial charge >= 0.3 is 0 Å². The molecule has 1 amide bonds. The van der Waals surface area contributed by atoms with E-state index in [4.69, 9.17) is 9.97 Å². The van der Waals surface area contributed by atoms with Crippen LogP contribution in [0.3, 0.4) is 0 Å². The normalized spacial score (nSPS) is 22.3. The van der Waals surface area contributed by atoms with Gasteiger partial charge in [-0.15, -0.1) is 0 Å². The summed E-state index contributed by atoms with van der Waals surface area (Å²) in [4.78, 5) is 26.3. The van der Waals surface area contributed by atoms with E-state index in [9.17, 15) is 15.0 Å². The first-order chi connectivity index (χ1) is 22.0. The molecule has 236 valence electrons. The predicted molar refractivity (Wildman–Crippen MR) is 175 cm³/mol. The van der Waals surface area contributed by atoms with Gasteiger partial charge < -0.3 is 25.4 Å². The molecule has 0 aliphatic heterocycles. The van der Waals surface area contributed by atoms with E-state index in [1.807, 2.05) is 42.6 Å². The van der Waals surface area contributed by atoms with E-state index < -0.39 is 24.3 Å². The number of fused-ring (bicyclic) bond motifs is 1. The number of rotatable bonds is 11. The number of aromatic nitrogens is 4. The Kier molecular flexibility index (Phi) is 9.66. The lowest BCUT2D eigenvalue weighted by molar-refractivity contribution is -0.122. The van der Waals surface area contributed by atoms with Gasteiger partial charge in [-0.1, -0.05) is 86.8 Å². The Labute approximate surface area is 263 Å². The molecule has 2 aromatic heterocycles. The molecule has 45 heavy (non-hydrogen) atoms. The van der Waals surface area contributed by atoms with Gasteiger partial charge in [-0.05, 0) is 36.3 Å². The Morgan fingerprint density at radius 3 is 2.36 bits per heavy atom. The van der Waals surface area contributed by atoms with Gasteiger partial charge in [-0.2, -0.15) is 15.1 Å². The molecule has 11 heteroatoms. The zero-order chi connectivity index (χ0) is 31.2. The maximum atomic E-state index is 12.1. The first-order valence-electron chi connectivity index (χ1n) is 16.0. The fraction of sp³-hybridized carbons (Fsp3) is 0.441. The lowest BCUT2D eigenvalue weighted by Crippen LogP contribution is -2.42. The molecule has 2 fully saturated rings. The standard InChI is InChI=1S/C34H42N8O3/c1-2-28(43)38-26-18-27(31(45)30(26)44)42-21-36-29-32(39-34(40-33(29)42)41-37-19-22-12-6-3-7-13-22)35-20-25(23-14-8-4-9-15-23)24-16-10-5-11-17-24/h4-5,8-11,14-17,19,21-22,25-27,30-31,44-45H,2-3,6-7,12-13,18,20H2,1H3,(H,38,43)(H2,35,39,40,41)/t26-,27+,30+,31-/m0/s1. The quantitative estimate of drug-likeness (QED) is 0.122. The second-order valence-electron chi connectivity index (χ2n) is 12.1. The molecule has 6 rings (SSSR count). The van der Waals surface area contributed by atoms with Gasteiger partial charge in [0, 0.05) is 25.1 Å². The number of nitrogens with one attached hydrogen (secondary N) is 3. The topological polar surface area (TPSA) is 150 Å². The average Bonchev–Trinajstić information content (AvgIpc) is 3.62. The first-order valence-corrected chi connectivity index (χ1v) is 16.0. The number of hydrazone groups is 1. The van der Waals surface area contributed by atoms with E-state index in [1.54, 1.807) is 17.8 Å². The number of amides is 1. The molecule has 5 N–H and O–H groups in total. The smallest absolute Gasteiger partial charge is 0.247 e. The maximum absolute atomic E-state index is 12.1. The Hall–Kier alpha value is -4.35. The highest BCUT2D eigenvalue weighted by Gasteiger charge is 2.43. The molecular formula is C34H42N8O3. The van der Waals surface area contributed by atoms with Crippen molar-refractivity contribution in [2.24, 2.45) is 11.0 Å². The van der Waals surface area contributed by atoms with Crippen LogP contribution in [0.15, 0.2) is 72.1 Å². The van der Waals surface area contributed by atoms with E-state index in [2.05, 4.69) is 50.4 Å². The summed E-state index contributed by atoms with van der Waals surface area (Å²) in [6.07, 6.45) is 7.93. The SMILES string of the molecule is CCC(=O)N[C@H]1C[C@@H](n2cnc3c(NCC(c4ccccc4)c4ccccc4)nc(NN=CC4CCCCC4)nc32)[C@H](O)[C@@H]1O. The molecule has 2 aliphatic carbocycles. The lowest BCUT2D eigenvalue weighted by Gasteiger charge is -2.20. The van der Waals surface area contributed by atoms with Crippen molar-refractivity contribution in [2.45, 2.75) is 82.1 Å². The van der Waals surface area contributed by atoms with Crippen molar-refractivity contribution in [1.82, 2.24) is 24.8 Å². The number of hydrogen-bond acceptors (Lipinski definition) is 9. The summed E-state index contributed by atoms with van der Waals surface area (Å²) in [6, 6.07) is 19.6. The number of aliphatic hydroxyl groups excluding tert-OH is 2. The van der Waals surface area contributed by atoms with Crippen molar-refractivity contribution >= 4 is 35.1 Å². The van der Waals surface area contributed by atoms with E-state index in [1.165, 1.54) is 30.4 Å². The highest BCUT2D eigenvalue weighted by molar-refractivity contribution is 5.84. The number of benzene rings is 2. The third-order valence-corrected chi connectivity index (χ3v) is 9.08. The zero-order valence-corrected chi connectivity index (χ0v) is 25.6. The second-order valence-corrected chi connectivity index (χ2v) is 12.1. The molecule has 2 saturated carbocycles. The van der Waals surface area contributed by atoms with Gasteiger partial charge in [0.1, 0.15) is 12.2 Å². The number of carbonyl (C=O) groups excluding carboxylic acids is 1. The Morgan fingerprint density at radius 2 is 1.69 bits per heavy atom. The van der Waals surface area contributed by atoms with E-state index in [0.29, 0.717) is 48.2 Å². The summed E-state index contributed by atoms with van der Waals surface area (Å²) in [7, 11) is 0. The van der Waals surface area contributed by atoms with Crippen LogP contribution in [0.5, 0.6) is 0 Å². The number of nitrogens with zero attached hydrogens (tertiary/aromatic N) is 5. The van der Waals surface area contributed by atoms with Crippen molar-refractivity contribution in [2.75, 3.05) is 17.3 Å². The van der Waals surface area contributed by atoms with Crippen molar-refractivity contribution in [3.8, 4) is 0 Å². The van der Waals surface area contributed by atoms with Gasteiger partial charge in [0.2, 0.25) is 11.9 Å². The third-order valence-electron chi connectivity index (χ3n) is 9.08. The van der Waals surface area contributed by atoms with Crippen LogP contribution >= 0.6 is 0 Å². The minimum absolute atomic E-state index is 0.0509. The minimum atomic E-state index is -1.11. The monoisotopic (exact) mass is 610 g/mol. The van der Waals surface area contributed by atoms with Crippen LogP contribution in [0.2, 0.25) is 0 Å². The summed E-state index contributed by atoms with van der Waals surface area (Å²) < 4.78 is 1.77. The van der Waals surface area contributed by atoms with Crippen LogP contribution in [0.25, 0.3) is 11.2 Å². The fourth-order valence-electron chi connectivity index (χ4n) is 6.55. The minimum Gasteiger partial charge on any atom is -0.388 e. The van der Waals surface area contributed by atoms with Crippen LogP contribution in [0, 0.1) is 5.92 Å². The molecule has 2 aliphatic rings. The average molecular weight is 611 g/mol. The number of anilines is 2. The van der Waals surface area contributed by atoms with Gasteiger partial charge in [-0.3, -0.25) is 4.79 Å². The largest absolute Gasteiger partial charge is 0.388 e. The van der Waals surface area contributed by atoms with Crippen molar-refractivity contribution in [1.29, 1.82) is 0 Å². The molecule has 0 spiro atoms. The molecule has 2 heterocycles. The number of imidazole rings is 1. The summed E-state index contributed by atoms with van der Waals surface area (Å²) in [5.74, 6) is 1.15. The maximum Gasteiger partial charge on any atom is 0.247 e. The van der Waals surface area contributed by atoms with E-state index in [-0.39, 0.29) is 11.8 Å². The fourth-order valence-corrected chi connectivity index (χ4v) is 6.55. The van der Waals surface area contributed by atoms with Gasteiger partial charge in [0.15, 0.2) is 17.0 Å². The Balaban J connectivity index is 1.32. The summed E-state index contributed by atoms with van der Waals surface area (Å²) >= 11 is 0.